The van der Waals surface area contributed by atoms with Gasteiger partial charge in [-0.2, -0.15) is 0 Å². The van der Waals surface area contributed by atoms with Crippen LogP contribution in [0.1, 0.15) is 46.5 Å². The van der Waals surface area contributed by atoms with Crippen molar-refractivity contribution in [2.75, 3.05) is 14.2 Å². The number of hydrogen-bond donors (Lipinski definition) is 1. The predicted molar refractivity (Wildman–Crippen MR) is 76.2 cm³/mol. The van der Waals surface area contributed by atoms with Crippen molar-refractivity contribution in [3.8, 4) is 0 Å². The molecule has 0 saturated heterocycles. The van der Waals surface area contributed by atoms with Gasteiger partial charge in [0, 0.05) is 13.2 Å². The largest absolute Gasteiger partial charge is 0.377 e. The number of nitrogens with one attached hydrogen (secondary N) is 1. The van der Waals surface area contributed by atoms with Crippen molar-refractivity contribution < 1.29 is 9.47 Å². The van der Waals surface area contributed by atoms with Gasteiger partial charge in [-0.3, -0.25) is 0 Å². The summed E-state index contributed by atoms with van der Waals surface area (Å²) in [5.41, 5.74) is 0.799. The summed E-state index contributed by atoms with van der Waals surface area (Å²) in [6, 6.07) is 0.467. The Kier molecular flexibility index (Phi) is 3.23. The van der Waals surface area contributed by atoms with Crippen molar-refractivity contribution in [3.63, 3.8) is 0 Å². The Hall–Kier alpha value is -0.120. The summed E-state index contributed by atoms with van der Waals surface area (Å²) < 4.78 is 12.1. The minimum absolute atomic E-state index is 0.232. The molecule has 0 amide bonds. The molecule has 6 unspecified atom stereocenters. The minimum Gasteiger partial charge on any atom is -0.377 e. The third-order valence-electron chi connectivity index (χ3n) is 6.95. The molecular weight excluding hydrogens is 238 g/mol. The van der Waals surface area contributed by atoms with E-state index in [0.29, 0.717) is 29.1 Å². The molecule has 3 aliphatic carbocycles. The zero-order valence-corrected chi connectivity index (χ0v) is 13.0. The molecule has 3 fully saturated rings. The maximum Gasteiger partial charge on any atom is 0.0986 e. The van der Waals surface area contributed by atoms with Crippen LogP contribution in [0, 0.1) is 16.7 Å². The van der Waals surface area contributed by atoms with E-state index in [9.17, 15) is 0 Å². The second-order valence-electron chi connectivity index (χ2n) is 7.60. The topological polar surface area (TPSA) is 30.5 Å². The molecule has 0 aromatic heterocycles. The van der Waals surface area contributed by atoms with Crippen LogP contribution in [0.4, 0.5) is 0 Å². The SMILES string of the molecule is CNC1CC(OC2CC3CCC2(C)C3(C)C)C1OC. The Balaban J connectivity index is 1.67. The molecule has 0 heterocycles. The lowest BCUT2D eigenvalue weighted by atomic mass is 9.70. The second kappa shape index (κ2) is 4.44. The molecule has 1 N–H and O–H groups in total. The lowest BCUT2D eigenvalue weighted by Crippen LogP contribution is -2.60. The van der Waals surface area contributed by atoms with Gasteiger partial charge in [0.05, 0.1) is 18.3 Å². The fraction of sp³-hybridized carbons (Fsp3) is 1.00. The van der Waals surface area contributed by atoms with E-state index in [1.165, 1.54) is 19.3 Å². The number of methoxy groups -OCH3 is 1. The van der Waals surface area contributed by atoms with Crippen LogP contribution in [-0.2, 0) is 9.47 Å². The summed E-state index contributed by atoms with van der Waals surface area (Å²) in [4.78, 5) is 0. The van der Waals surface area contributed by atoms with Gasteiger partial charge in [0.15, 0.2) is 0 Å². The van der Waals surface area contributed by atoms with Gasteiger partial charge < -0.3 is 14.8 Å². The van der Waals surface area contributed by atoms with Crippen molar-refractivity contribution in [2.45, 2.75) is 70.8 Å². The molecule has 0 aliphatic heterocycles. The van der Waals surface area contributed by atoms with Crippen LogP contribution in [0.15, 0.2) is 0 Å². The molecule has 19 heavy (non-hydrogen) atoms. The Morgan fingerprint density at radius 3 is 2.37 bits per heavy atom. The first-order valence-corrected chi connectivity index (χ1v) is 7.79. The van der Waals surface area contributed by atoms with Gasteiger partial charge in [0.1, 0.15) is 0 Å². The average Bonchev–Trinajstić information content (AvgIpc) is 2.67. The smallest absolute Gasteiger partial charge is 0.0986 e. The standard InChI is InChI=1S/C16H29NO2/c1-15(2)10-6-7-16(15,3)13(8-10)19-12-9-11(17-4)14(12)18-5/h10-14,17H,6-9H2,1-5H3. The van der Waals surface area contributed by atoms with Crippen LogP contribution >= 0.6 is 0 Å². The maximum absolute atomic E-state index is 6.49. The fourth-order valence-corrected chi connectivity index (χ4v) is 4.86. The molecule has 3 aliphatic rings. The highest BCUT2D eigenvalue weighted by Gasteiger charge is 2.62. The van der Waals surface area contributed by atoms with E-state index < -0.39 is 0 Å². The number of likely N-dealkylation sites (N-methyl/N-ethyl adjacent to an activating group) is 1. The van der Waals surface area contributed by atoms with Gasteiger partial charge in [-0.25, -0.2) is 0 Å². The minimum atomic E-state index is 0.232. The first kappa shape index (κ1) is 13.8. The van der Waals surface area contributed by atoms with E-state index in [0.717, 1.165) is 12.3 Å². The normalized spacial score (nSPS) is 51.3. The van der Waals surface area contributed by atoms with E-state index in [-0.39, 0.29) is 6.10 Å². The van der Waals surface area contributed by atoms with Gasteiger partial charge in [-0.15, -0.1) is 0 Å². The highest BCUT2D eigenvalue weighted by Crippen LogP contribution is 2.66. The highest BCUT2D eigenvalue weighted by atomic mass is 16.5. The molecule has 2 bridgehead atoms. The summed E-state index contributed by atoms with van der Waals surface area (Å²) in [5.74, 6) is 0.851. The summed E-state index contributed by atoms with van der Waals surface area (Å²) in [7, 11) is 3.81. The third kappa shape index (κ3) is 1.74. The molecule has 3 saturated carbocycles. The first-order chi connectivity index (χ1) is 8.94. The lowest BCUT2D eigenvalue weighted by molar-refractivity contribution is -0.181. The van der Waals surface area contributed by atoms with Gasteiger partial charge >= 0.3 is 0 Å². The fourth-order valence-electron chi connectivity index (χ4n) is 4.86. The molecule has 6 atom stereocenters. The van der Waals surface area contributed by atoms with Crippen LogP contribution in [0.5, 0.6) is 0 Å². The molecule has 3 nitrogen and oxygen atoms in total. The van der Waals surface area contributed by atoms with Crippen molar-refractivity contribution in [1.29, 1.82) is 0 Å². The Morgan fingerprint density at radius 2 is 1.89 bits per heavy atom. The van der Waals surface area contributed by atoms with Crippen LogP contribution < -0.4 is 5.32 Å². The van der Waals surface area contributed by atoms with E-state index in [2.05, 4.69) is 26.1 Å². The van der Waals surface area contributed by atoms with Gasteiger partial charge in [0.25, 0.3) is 0 Å². The molecule has 0 radical (unpaired) electrons. The van der Waals surface area contributed by atoms with E-state index >= 15 is 0 Å². The molecule has 0 aromatic carbocycles. The zero-order chi connectivity index (χ0) is 13.8. The number of ether oxygens (including phenoxy) is 2. The van der Waals surface area contributed by atoms with Crippen molar-refractivity contribution in [2.24, 2.45) is 16.7 Å². The third-order valence-corrected chi connectivity index (χ3v) is 6.95. The van der Waals surface area contributed by atoms with Crippen LogP contribution in [0.2, 0.25) is 0 Å². The monoisotopic (exact) mass is 267 g/mol. The van der Waals surface area contributed by atoms with Crippen molar-refractivity contribution in [3.05, 3.63) is 0 Å². The van der Waals surface area contributed by atoms with Crippen LogP contribution in [0.25, 0.3) is 0 Å². The molecule has 3 heteroatoms. The van der Waals surface area contributed by atoms with E-state index in [1.54, 1.807) is 7.11 Å². The summed E-state index contributed by atoms with van der Waals surface area (Å²) in [5, 5.41) is 3.31. The molecule has 3 rings (SSSR count). The van der Waals surface area contributed by atoms with Gasteiger partial charge in [-0.1, -0.05) is 20.8 Å². The zero-order valence-electron chi connectivity index (χ0n) is 13.0. The van der Waals surface area contributed by atoms with Crippen LogP contribution in [0.3, 0.4) is 0 Å². The number of fused-ring (bicyclic) bond motifs is 2. The molecule has 110 valence electrons. The number of rotatable bonds is 4. The van der Waals surface area contributed by atoms with E-state index in [4.69, 9.17) is 9.47 Å². The van der Waals surface area contributed by atoms with Crippen molar-refractivity contribution in [1.82, 2.24) is 5.32 Å². The Bertz CT molecular complexity index is 357. The molecular formula is C16H29NO2. The Labute approximate surface area is 117 Å². The van der Waals surface area contributed by atoms with Crippen LogP contribution in [-0.4, -0.2) is 38.5 Å². The second-order valence-corrected chi connectivity index (χ2v) is 7.60. The van der Waals surface area contributed by atoms with Crippen molar-refractivity contribution >= 4 is 0 Å². The summed E-state index contributed by atoms with van der Waals surface area (Å²) in [6.07, 6.45) is 6.01. The summed E-state index contributed by atoms with van der Waals surface area (Å²) in [6.45, 7) is 7.33. The van der Waals surface area contributed by atoms with E-state index in [1.807, 2.05) is 7.05 Å². The Morgan fingerprint density at radius 1 is 1.16 bits per heavy atom. The maximum atomic E-state index is 6.49. The molecule has 0 spiro atoms. The average molecular weight is 267 g/mol. The quantitative estimate of drug-likeness (QED) is 0.849. The van der Waals surface area contributed by atoms with Gasteiger partial charge in [-0.05, 0) is 49.5 Å². The molecule has 0 aromatic rings. The first-order valence-electron chi connectivity index (χ1n) is 7.79. The summed E-state index contributed by atoms with van der Waals surface area (Å²) >= 11 is 0. The highest BCUT2D eigenvalue weighted by molar-refractivity contribution is 5.12. The van der Waals surface area contributed by atoms with Gasteiger partial charge in [0.2, 0.25) is 0 Å². The number of hydrogen-bond acceptors (Lipinski definition) is 3. The lowest BCUT2D eigenvalue weighted by Gasteiger charge is -2.47. The predicted octanol–water partition coefficient (Wildman–Crippen LogP) is 2.59.